The zero-order chi connectivity index (χ0) is 17.2. The van der Waals surface area contributed by atoms with E-state index in [-0.39, 0.29) is 17.4 Å². The summed E-state index contributed by atoms with van der Waals surface area (Å²) < 4.78 is 27.6. The maximum atomic E-state index is 13.1. The number of carbonyl (C=O) groups is 1. The van der Waals surface area contributed by atoms with Gasteiger partial charge < -0.3 is 10.8 Å². The van der Waals surface area contributed by atoms with E-state index in [9.17, 15) is 13.2 Å². The van der Waals surface area contributed by atoms with Crippen LogP contribution in [0.3, 0.4) is 0 Å². The van der Waals surface area contributed by atoms with Gasteiger partial charge in [-0.3, -0.25) is 4.79 Å². The Morgan fingerprint density at radius 3 is 2.65 bits per heavy atom. The second-order valence-corrected chi connectivity index (χ2v) is 8.03. The molecule has 0 aliphatic carbocycles. The number of benzene rings is 1. The highest BCUT2D eigenvalue weighted by Gasteiger charge is 2.34. The van der Waals surface area contributed by atoms with E-state index in [1.54, 1.807) is 26.0 Å². The highest BCUT2D eigenvalue weighted by Crippen LogP contribution is 2.31. The van der Waals surface area contributed by atoms with Crippen molar-refractivity contribution in [2.45, 2.75) is 56.9 Å². The van der Waals surface area contributed by atoms with Gasteiger partial charge in [0, 0.05) is 24.7 Å². The Hall–Kier alpha value is -1.60. The number of aryl methyl sites for hydroxylation is 2. The molecular formula is C16H24N2O4S. The maximum absolute atomic E-state index is 13.1. The first-order valence-corrected chi connectivity index (χ1v) is 9.28. The minimum atomic E-state index is -3.64. The van der Waals surface area contributed by atoms with E-state index in [0.717, 1.165) is 18.4 Å². The van der Waals surface area contributed by atoms with Crippen molar-refractivity contribution in [2.75, 3.05) is 12.3 Å². The van der Waals surface area contributed by atoms with E-state index in [2.05, 4.69) is 0 Å². The molecule has 0 aromatic heterocycles. The number of nitrogens with two attached hydrogens (primary N) is 1. The minimum Gasteiger partial charge on any atom is -0.481 e. The first kappa shape index (κ1) is 17.7. The number of anilines is 1. The van der Waals surface area contributed by atoms with Crippen molar-refractivity contribution in [3.63, 3.8) is 0 Å². The van der Waals surface area contributed by atoms with Gasteiger partial charge in [0.15, 0.2) is 0 Å². The van der Waals surface area contributed by atoms with Gasteiger partial charge in [-0.25, -0.2) is 8.42 Å². The molecule has 7 heteroatoms. The van der Waals surface area contributed by atoms with Crippen molar-refractivity contribution in [1.82, 2.24) is 4.31 Å². The molecule has 6 nitrogen and oxygen atoms in total. The molecule has 0 saturated carbocycles. The van der Waals surface area contributed by atoms with Crippen LogP contribution >= 0.6 is 0 Å². The van der Waals surface area contributed by atoms with Crippen LogP contribution in [0.4, 0.5) is 5.69 Å². The number of sulfonamides is 1. The van der Waals surface area contributed by atoms with Crippen LogP contribution in [0.25, 0.3) is 0 Å². The Bertz CT molecular complexity index is 700. The van der Waals surface area contributed by atoms with Gasteiger partial charge >= 0.3 is 5.97 Å². The summed E-state index contributed by atoms with van der Waals surface area (Å²) >= 11 is 0. The predicted molar refractivity (Wildman–Crippen MR) is 88.7 cm³/mol. The molecule has 2 rings (SSSR count). The van der Waals surface area contributed by atoms with Gasteiger partial charge in [0.05, 0.1) is 4.90 Å². The number of rotatable bonds is 5. The van der Waals surface area contributed by atoms with Crippen molar-refractivity contribution >= 4 is 21.7 Å². The number of piperidine rings is 1. The maximum Gasteiger partial charge on any atom is 0.303 e. The summed E-state index contributed by atoms with van der Waals surface area (Å²) in [5.74, 6) is -0.896. The van der Waals surface area contributed by atoms with Crippen LogP contribution in [0.5, 0.6) is 0 Å². The van der Waals surface area contributed by atoms with Gasteiger partial charge in [-0.2, -0.15) is 4.31 Å². The summed E-state index contributed by atoms with van der Waals surface area (Å²) in [6, 6.07) is 3.04. The van der Waals surface area contributed by atoms with E-state index in [0.29, 0.717) is 30.6 Å². The zero-order valence-corrected chi connectivity index (χ0v) is 14.4. The Balaban J connectivity index is 2.36. The molecule has 23 heavy (non-hydrogen) atoms. The van der Waals surface area contributed by atoms with E-state index in [1.807, 2.05) is 0 Å². The van der Waals surface area contributed by atoms with E-state index in [1.165, 1.54) is 4.31 Å². The molecule has 128 valence electrons. The second-order valence-electron chi connectivity index (χ2n) is 6.17. The van der Waals surface area contributed by atoms with E-state index in [4.69, 9.17) is 10.8 Å². The normalized spacial score (nSPS) is 19.7. The molecule has 1 atom stereocenters. The van der Waals surface area contributed by atoms with Crippen LogP contribution in [-0.4, -0.2) is 36.4 Å². The fourth-order valence-corrected chi connectivity index (χ4v) is 5.10. The SMILES string of the molecule is Cc1cc(S(=O)(=O)N2CCCCC2CCC(=O)O)c(C)cc1N. The van der Waals surface area contributed by atoms with Gasteiger partial charge in [0.2, 0.25) is 10.0 Å². The number of nitrogen functional groups attached to an aromatic ring is 1. The van der Waals surface area contributed by atoms with Crippen molar-refractivity contribution in [3.8, 4) is 0 Å². The lowest BCUT2D eigenvalue weighted by atomic mass is 10.0. The predicted octanol–water partition coefficient (Wildman–Crippen LogP) is 2.29. The van der Waals surface area contributed by atoms with Crippen molar-refractivity contribution in [3.05, 3.63) is 23.3 Å². The molecule has 0 spiro atoms. The first-order chi connectivity index (χ1) is 10.7. The fourth-order valence-electron chi connectivity index (χ4n) is 3.09. The topological polar surface area (TPSA) is 101 Å². The summed E-state index contributed by atoms with van der Waals surface area (Å²) in [6.07, 6.45) is 2.77. The number of carboxylic acids is 1. The molecule has 0 radical (unpaired) electrons. The number of nitrogens with zero attached hydrogens (tertiary/aromatic N) is 1. The van der Waals surface area contributed by atoms with Crippen LogP contribution < -0.4 is 5.73 Å². The summed E-state index contributed by atoms with van der Waals surface area (Å²) in [4.78, 5) is 11.1. The molecule has 1 aromatic rings. The Kier molecular flexibility index (Phi) is 5.31. The van der Waals surface area contributed by atoms with Crippen LogP contribution in [-0.2, 0) is 14.8 Å². The summed E-state index contributed by atoms with van der Waals surface area (Å²) in [5.41, 5.74) is 7.77. The van der Waals surface area contributed by atoms with Crippen molar-refractivity contribution in [1.29, 1.82) is 0 Å². The average Bonchev–Trinajstić information content (AvgIpc) is 2.49. The number of aliphatic carboxylic acids is 1. The summed E-state index contributed by atoms with van der Waals surface area (Å²) in [6.45, 7) is 3.96. The largest absolute Gasteiger partial charge is 0.481 e. The van der Waals surface area contributed by atoms with Crippen LogP contribution in [0.2, 0.25) is 0 Å². The monoisotopic (exact) mass is 340 g/mol. The van der Waals surface area contributed by atoms with E-state index < -0.39 is 16.0 Å². The van der Waals surface area contributed by atoms with Gasteiger partial charge in [0.25, 0.3) is 0 Å². The highest BCUT2D eigenvalue weighted by molar-refractivity contribution is 7.89. The lowest BCUT2D eigenvalue weighted by Crippen LogP contribution is -2.44. The zero-order valence-electron chi connectivity index (χ0n) is 13.6. The first-order valence-electron chi connectivity index (χ1n) is 7.84. The third kappa shape index (κ3) is 3.84. The molecule has 0 bridgehead atoms. The smallest absolute Gasteiger partial charge is 0.303 e. The molecule has 1 fully saturated rings. The lowest BCUT2D eigenvalue weighted by molar-refractivity contribution is -0.137. The summed E-state index contributed by atoms with van der Waals surface area (Å²) in [5, 5.41) is 8.88. The van der Waals surface area contributed by atoms with Gasteiger partial charge in [0.1, 0.15) is 0 Å². The van der Waals surface area contributed by atoms with Crippen molar-refractivity contribution < 1.29 is 18.3 Å². The van der Waals surface area contributed by atoms with Crippen LogP contribution in [0, 0.1) is 13.8 Å². The Labute approximate surface area is 137 Å². The van der Waals surface area contributed by atoms with Gasteiger partial charge in [-0.1, -0.05) is 6.42 Å². The molecule has 1 aromatic carbocycles. The molecule has 1 aliphatic heterocycles. The van der Waals surface area contributed by atoms with Gasteiger partial charge in [-0.15, -0.1) is 0 Å². The fraction of sp³-hybridized carbons (Fsp3) is 0.562. The van der Waals surface area contributed by atoms with Crippen molar-refractivity contribution in [2.24, 2.45) is 0 Å². The number of hydrogen-bond acceptors (Lipinski definition) is 4. The molecule has 3 N–H and O–H groups in total. The Morgan fingerprint density at radius 1 is 1.30 bits per heavy atom. The Morgan fingerprint density at radius 2 is 2.00 bits per heavy atom. The minimum absolute atomic E-state index is 0.0174. The van der Waals surface area contributed by atoms with Crippen LogP contribution in [0.15, 0.2) is 17.0 Å². The second kappa shape index (κ2) is 6.88. The van der Waals surface area contributed by atoms with Crippen LogP contribution in [0.1, 0.15) is 43.2 Å². The quantitative estimate of drug-likeness (QED) is 0.801. The molecule has 0 amide bonds. The lowest BCUT2D eigenvalue weighted by Gasteiger charge is -2.35. The average molecular weight is 340 g/mol. The molecule has 1 saturated heterocycles. The third-order valence-electron chi connectivity index (χ3n) is 4.41. The molecule has 1 unspecified atom stereocenters. The van der Waals surface area contributed by atoms with E-state index >= 15 is 0 Å². The molecule has 1 heterocycles. The molecule has 1 aliphatic rings. The number of carboxylic acid groups (broad SMARTS) is 1. The van der Waals surface area contributed by atoms with Gasteiger partial charge in [-0.05, 0) is 56.4 Å². The standard InChI is InChI=1S/C16H24N2O4S/c1-11-10-15(12(2)9-14(11)17)23(21,22)18-8-4-3-5-13(18)6-7-16(19)20/h9-10,13H,3-8,17H2,1-2H3,(H,19,20). The third-order valence-corrected chi connectivity index (χ3v) is 6.51. The summed E-state index contributed by atoms with van der Waals surface area (Å²) in [7, 11) is -3.64. The highest BCUT2D eigenvalue weighted by atomic mass is 32.2. The molecular weight excluding hydrogens is 316 g/mol. The number of hydrogen-bond donors (Lipinski definition) is 2.